The van der Waals surface area contributed by atoms with E-state index in [0.29, 0.717) is 23.7 Å². The Hall–Kier alpha value is 0.170. The van der Waals surface area contributed by atoms with Crippen LogP contribution in [-0.4, -0.2) is 20.1 Å². The first-order valence-corrected chi connectivity index (χ1v) is 10.1. The van der Waals surface area contributed by atoms with E-state index < -0.39 is 10.1 Å². The molecule has 31 heavy (non-hydrogen) atoms. The predicted molar refractivity (Wildman–Crippen MR) is 104 cm³/mol. The van der Waals surface area contributed by atoms with E-state index in [1.807, 2.05) is 18.2 Å². The summed E-state index contributed by atoms with van der Waals surface area (Å²) in [6.45, 7) is 2.45. The Labute approximate surface area is 250 Å². The van der Waals surface area contributed by atoms with Crippen LogP contribution in [0.3, 0.4) is 0 Å². The first-order valence-electron chi connectivity index (χ1n) is 8.69. The third-order valence-electron chi connectivity index (χ3n) is 4.28. The van der Waals surface area contributed by atoms with Crippen LogP contribution < -0.4 is 98.1 Å². The minimum Gasteiger partial charge on any atom is -0.745 e. The number of benzene rings is 3. The van der Waals surface area contributed by atoms with Crippen molar-refractivity contribution in [3.05, 3.63) is 77.9 Å². The maximum atomic E-state index is 11.6. The molecule has 3 aromatic rings. The fraction of sp³-hybridized carbons (Fsp3) is 0.182. The minimum atomic E-state index is -4.66. The van der Waals surface area contributed by atoms with Crippen LogP contribution in [0.2, 0.25) is 0 Å². The van der Waals surface area contributed by atoms with Gasteiger partial charge in [-0.15, -0.1) is 35.4 Å². The molecule has 0 fully saturated rings. The third-order valence-corrected chi connectivity index (χ3v) is 5.15. The zero-order valence-corrected chi connectivity index (χ0v) is 25.4. The van der Waals surface area contributed by atoms with Crippen molar-refractivity contribution in [2.45, 2.75) is 24.8 Å². The molecule has 0 aliphatic carbocycles. The zero-order valence-electron chi connectivity index (χ0n) is 18.6. The van der Waals surface area contributed by atoms with Gasteiger partial charge in [-0.25, -0.2) is 8.42 Å². The molecule has 0 aliphatic heterocycles. The molecule has 0 heterocycles. The number of hydrogen-bond acceptors (Lipinski definition) is 5. The van der Waals surface area contributed by atoms with Crippen LogP contribution in [0, 0.1) is 12.1 Å². The third kappa shape index (κ3) is 8.80. The summed E-state index contributed by atoms with van der Waals surface area (Å²) >= 11 is 0. The van der Waals surface area contributed by atoms with Crippen molar-refractivity contribution in [2.75, 3.05) is 7.11 Å². The molecular formula is C22H19Na3O5S. The summed E-state index contributed by atoms with van der Waals surface area (Å²) < 4.78 is 45.6. The molecular weight excluding hydrogens is 445 g/mol. The summed E-state index contributed by atoms with van der Waals surface area (Å²) in [5.41, 5.74) is 2.88. The standard InChI is InChI=1S/C22H20O5S.3Na/c1-3-16-4-6-17(7-5-16)15-27-19-10-8-18(9-11-19)21-13-12-20(26-2)14-22(21)28(23,24)25;;;/h4-6,8,10-14H,3,15H2,1-2H3,(H,23,24,25);;;/q-2;3*+1/p-1. The molecule has 0 spiro atoms. The van der Waals surface area contributed by atoms with Crippen LogP contribution in [0.25, 0.3) is 11.1 Å². The van der Waals surface area contributed by atoms with E-state index in [1.165, 1.54) is 24.8 Å². The van der Waals surface area contributed by atoms with Gasteiger partial charge in [-0.3, -0.25) is 0 Å². The number of methoxy groups -OCH3 is 1. The smallest absolute Gasteiger partial charge is 0.745 e. The van der Waals surface area contributed by atoms with E-state index in [1.54, 1.807) is 24.3 Å². The average Bonchev–Trinajstić information content (AvgIpc) is 2.72. The summed E-state index contributed by atoms with van der Waals surface area (Å²) in [5.74, 6) is 0.875. The van der Waals surface area contributed by atoms with Gasteiger partial charge >= 0.3 is 88.7 Å². The minimum absolute atomic E-state index is 0. The summed E-state index contributed by atoms with van der Waals surface area (Å²) in [7, 11) is -3.26. The van der Waals surface area contributed by atoms with Crippen LogP contribution in [0.15, 0.2) is 59.5 Å². The molecule has 0 N–H and O–H groups in total. The molecule has 0 radical (unpaired) electrons. The number of ether oxygens (including phenoxy) is 2. The van der Waals surface area contributed by atoms with Gasteiger partial charge in [-0.05, 0) is 12.1 Å². The number of hydrogen-bond donors (Lipinski definition) is 0. The molecule has 146 valence electrons. The van der Waals surface area contributed by atoms with Crippen molar-refractivity contribution in [1.29, 1.82) is 0 Å². The van der Waals surface area contributed by atoms with Crippen LogP contribution in [0.4, 0.5) is 0 Å². The molecule has 9 heteroatoms. The number of rotatable bonds is 7. The van der Waals surface area contributed by atoms with Gasteiger partial charge in [0.1, 0.15) is 15.9 Å². The fourth-order valence-corrected chi connectivity index (χ4v) is 3.39. The molecule has 0 saturated carbocycles. The maximum Gasteiger partial charge on any atom is 1.00 e. The largest absolute Gasteiger partial charge is 1.00 e. The quantitative estimate of drug-likeness (QED) is 0.199. The molecule has 0 unspecified atom stereocenters. The van der Waals surface area contributed by atoms with Crippen molar-refractivity contribution in [2.24, 2.45) is 0 Å². The van der Waals surface area contributed by atoms with E-state index in [9.17, 15) is 13.0 Å². The van der Waals surface area contributed by atoms with E-state index in [0.717, 1.165) is 12.0 Å². The summed E-state index contributed by atoms with van der Waals surface area (Å²) in [6, 6.07) is 21.4. The van der Waals surface area contributed by atoms with Gasteiger partial charge < -0.3 is 14.0 Å². The maximum absolute atomic E-state index is 11.6. The Morgan fingerprint density at radius 2 is 1.65 bits per heavy atom. The SMILES string of the molecule is CCc1c[c-]c(COc2c[c-]c(-c3ccc(OC)cc3S(=O)(=O)[O-])cc2)cc1.[Na+].[Na+].[Na+]. The van der Waals surface area contributed by atoms with E-state index in [2.05, 4.69) is 19.1 Å². The Morgan fingerprint density at radius 1 is 0.935 bits per heavy atom. The normalized spacial score (nSPS) is 10.2. The van der Waals surface area contributed by atoms with Gasteiger partial charge in [0.15, 0.2) is 0 Å². The number of aryl methyl sites for hydroxylation is 1. The van der Waals surface area contributed by atoms with Crippen LogP contribution >= 0.6 is 0 Å². The van der Waals surface area contributed by atoms with Gasteiger partial charge in [-0.1, -0.05) is 25.0 Å². The average molecular weight is 464 g/mol. The first kappa shape index (κ1) is 31.2. The molecule has 0 atom stereocenters. The Balaban J connectivity index is 0.00000300. The monoisotopic (exact) mass is 464 g/mol. The topological polar surface area (TPSA) is 75.7 Å². The van der Waals surface area contributed by atoms with Crippen LogP contribution in [0.1, 0.15) is 18.1 Å². The fourth-order valence-electron chi connectivity index (χ4n) is 2.69. The Kier molecular flexibility index (Phi) is 14.5. The van der Waals surface area contributed by atoms with Crippen LogP contribution in [0.5, 0.6) is 11.5 Å². The van der Waals surface area contributed by atoms with Crippen LogP contribution in [-0.2, 0) is 23.1 Å². The second-order valence-electron chi connectivity index (χ2n) is 6.12. The predicted octanol–water partition coefficient (Wildman–Crippen LogP) is -4.98. The summed E-state index contributed by atoms with van der Waals surface area (Å²) in [4.78, 5) is -0.345. The molecule has 0 bridgehead atoms. The molecule has 0 saturated heterocycles. The molecule has 5 nitrogen and oxygen atoms in total. The molecule has 3 aromatic carbocycles. The molecule has 0 aliphatic rings. The Morgan fingerprint density at radius 3 is 2.16 bits per heavy atom. The molecule has 0 aromatic heterocycles. The van der Waals surface area contributed by atoms with Crippen molar-refractivity contribution in [3.8, 4) is 22.6 Å². The second kappa shape index (κ2) is 14.4. The van der Waals surface area contributed by atoms with Crippen molar-refractivity contribution >= 4 is 10.1 Å². The van der Waals surface area contributed by atoms with E-state index in [-0.39, 0.29) is 99.1 Å². The van der Waals surface area contributed by atoms with Crippen molar-refractivity contribution in [3.63, 3.8) is 0 Å². The van der Waals surface area contributed by atoms with Gasteiger partial charge in [0.05, 0.1) is 13.7 Å². The van der Waals surface area contributed by atoms with E-state index in [4.69, 9.17) is 9.47 Å². The zero-order chi connectivity index (χ0) is 20.1. The Bertz CT molecular complexity index is 1050. The molecule has 3 rings (SSSR count). The second-order valence-corrected chi connectivity index (χ2v) is 7.47. The first-order chi connectivity index (χ1) is 13.4. The van der Waals surface area contributed by atoms with Crippen molar-refractivity contribution < 1.29 is 111 Å². The van der Waals surface area contributed by atoms with Crippen molar-refractivity contribution in [1.82, 2.24) is 0 Å². The summed E-state index contributed by atoms with van der Waals surface area (Å²) in [5, 5.41) is 0. The molecule has 0 amide bonds. The summed E-state index contributed by atoms with van der Waals surface area (Å²) in [6.07, 6.45) is 0.959. The van der Waals surface area contributed by atoms with Gasteiger partial charge in [0.25, 0.3) is 0 Å². The van der Waals surface area contributed by atoms with Gasteiger partial charge in [0.2, 0.25) is 0 Å². The van der Waals surface area contributed by atoms with Gasteiger partial charge in [-0.2, -0.15) is 29.8 Å². The van der Waals surface area contributed by atoms with E-state index >= 15 is 0 Å². The van der Waals surface area contributed by atoms with Gasteiger partial charge in [0, 0.05) is 10.6 Å².